The maximum absolute atomic E-state index is 13.1. The van der Waals surface area contributed by atoms with Gasteiger partial charge in [0.05, 0.1) is 22.8 Å². The summed E-state index contributed by atoms with van der Waals surface area (Å²) in [4.78, 5) is 4.32. The summed E-state index contributed by atoms with van der Waals surface area (Å²) in [5.74, 6) is 0.412. The van der Waals surface area contributed by atoms with Crippen molar-refractivity contribution in [2.75, 3.05) is 12.3 Å². The largest absolute Gasteiger partial charge is 0.384 e. The van der Waals surface area contributed by atoms with Crippen LogP contribution in [0.15, 0.2) is 59.8 Å². The average molecular weight is 369 g/mol. The topological polar surface area (TPSA) is 105 Å². The predicted molar refractivity (Wildman–Crippen MR) is 98.5 cm³/mol. The first-order valence-corrected chi connectivity index (χ1v) is 9.83. The Labute approximate surface area is 151 Å². The minimum atomic E-state index is -3.57. The molecule has 4 rings (SSSR count). The number of sulfonamides is 1. The molecule has 134 valence electrons. The molecule has 0 saturated carbocycles. The number of hydrogen-bond donors (Lipinski definition) is 2. The molecule has 1 aliphatic heterocycles. The summed E-state index contributed by atoms with van der Waals surface area (Å²) in [6.07, 6.45) is 4.87. The highest BCUT2D eigenvalue weighted by molar-refractivity contribution is 7.89. The molecular weight excluding hydrogens is 350 g/mol. The van der Waals surface area contributed by atoms with E-state index in [-0.39, 0.29) is 6.04 Å². The van der Waals surface area contributed by atoms with Gasteiger partial charge in [-0.15, -0.1) is 0 Å². The van der Waals surface area contributed by atoms with Gasteiger partial charge in [-0.25, -0.2) is 13.4 Å². The average Bonchev–Trinajstić information content (AvgIpc) is 3.31. The fourth-order valence-electron chi connectivity index (χ4n) is 3.44. The van der Waals surface area contributed by atoms with Crippen LogP contribution in [0.3, 0.4) is 0 Å². The van der Waals surface area contributed by atoms with Crippen LogP contribution in [0.1, 0.15) is 24.6 Å². The van der Waals surface area contributed by atoms with Crippen LogP contribution in [0.4, 0.5) is 5.82 Å². The van der Waals surface area contributed by atoms with E-state index in [1.54, 1.807) is 53.1 Å². The Bertz CT molecular complexity index is 1020. The number of aromatic nitrogens is 3. The summed E-state index contributed by atoms with van der Waals surface area (Å²) in [6, 6.07) is 11.9. The smallest absolute Gasteiger partial charge is 0.243 e. The number of rotatable bonds is 4. The van der Waals surface area contributed by atoms with E-state index in [9.17, 15) is 8.42 Å². The molecule has 1 fully saturated rings. The first-order chi connectivity index (χ1) is 12.6. The summed E-state index contributed by atoms with van der Waals surface area (Å²) in [5.41, 5.74) is 8.29. The first kappa shape index (κ1) is 16.7. The summed E-state index contributed by atoms with van der Waals surface area (Å²) >= 11 is 0. The Morgan fingerprint density at radius 3 is 2.77 bits per heavy atom. The lowest BCUT2D eigenvalue weighted by molar-refractivity contribution is 0.391. The molecule has 3 N–H and O–H groups in total. The Balaban J connectivity index is 1.74. The molecular formula is C18H19N5O2S. The molecule has 3 heterocycles. The van der Waals surface area contributed by atoms with Crippen molar-refractivity contribution < 1.29 is 8.42 Å². The lowest BCUT2D eigenvalue weighted by Gasteiger charge is -2.24. The molecule has 0 spiro atoms. The second-order valence-corrected chi connectivity index (χ2v) is 8.14. The Kier molecular flexibility index (Phi) is 4.21. The normalized spacial score (nSPS) is 18.2. The van der Waals surface area contributed by atoms with Crippen LogP contribution < -0.4 is 5.73 Å². The molecule has 1 atom stereocenters. The van der Waals surface area contributed by atoms with Gasteiger partial charge < -0.3 is 5.73 Å². The number of hydrogen-bond acceptors (Lipinski definition) is 5. The van der Waals surface area contributed by atoms with Crippen LogP contribution in [0.2, 0.25) is 0 Å². The second kappa shape index (κ2) is 6.54. The van der Waals surface area contributed by atoms with E-state index in [4.69, 9.17) is 5.73 Å². The van der Waals surface area contributed by atoms with Gasteiger partial charge in [0.25, 0.3) is 0 Å². The van der Waals surface area contributed by atoms with Crippen LogP contribution in [-0.4, -0.2) is 34.4 Å². The molecule has 1 saturated heterocycles. The predicted octanol–water partition coefficient (Wildman–Crippen LogP) is 2.58. The maximum atomic E-state index is 13.1. The third kappa shape index (κ3) is 2.87. The summed E-state index contributed by atoms with van der Waals surface area (Å²) < 4.78 is 27.8. The van der Waals surface area contributed by atoms with Crippen LogP contribution in [0.25, 0.3) is 11.1 Å². The molecule has 1 aromatic carbocycles. The highest BCUT2D eigenvalue weighted by atomic mass is 32.2. The summed E-state index contributed by atoms with van der Waals surface area (Å²) in [5, 5.41) is 7.16. The zero-order chi connectivity index (χ0) is 18.1. The van der Waals surface area contributed by atoms with Crippen LogP contribution in [-0.2, 0) is 10.0 Å². The van der Waals surface area contributed by atoms with E-state index in [1.807, 2.05) is 6.07 Å². The van der Waals surface area contributed by atoms with E-state index in [0.29, 0.717) is 17.3 Å². The van der Waals surface area contributed by atoms with Gasteiger partial charge in [-0.2, -0.15) is 9.40 Å². The number of nitrogen functional groups attached to an aromatic ring is 1. The van der Waals surface area contributed by atoms with Crippen molar-refractivity contribution in [3.05, 3.63) is 60.6 Å². The Morgan fingerprint density at radius 1 is 1.19 bits per heavy atom. The molecule has 0 amide bonds. The van der Waals surface area contributed by atoms with Crippen molar-refractivity contribution in [3.63, 3.8) is 0 Å². The van der Waals surface area contributed by atoms with Gasteiger partial charge in [0.15, 0.2) is 0 Å². The fourth-order valence-corrected chi connectivity index (χ4v) is 5.13. The Hall–Kier alpha value is -2.71. The minimum Gasteiger partial charge on any atom is -0.384 e. The lowest BCUT2D eigenvalue weighted by Crippen LogP contribution is -2.31. The molecule has 3 aromatic rings. The van der Waals surface area contributed by atoms with Crippen LogP contribution in [0.5, 0.6) is 0 Å². The van der Waals surface area contributed by atoms with Crippen LogP contribution in [0, 0.1) is 0 Å². The monoisotopic (exact) mass is 369 g/mol. The summed E-state index contributed by atoms with van der Waals surface area (Å²) in [6.45, 7) is 0.485. The highest BCUT2D eigenvalue weighted by Gasteiger charge is 2.38. The number of pyridine rings is 1. The van der Waals surface area contributed by atoms with Crippen molar-refractivity contribution in [1.29, 1.82) is 0 Å². The number of aromatic amines is 1. The quantitative estimate of drug-likeness (QED) is 0.735. The number of H-pyrrole nitrogens is 1. The number of nitrogens with one attached hydrogen (secondary N) is 1. The van der Waals surface area contributed by atoms with E-state index < -0.39 is 10.0 Å². The van der Waals surface area contributed by atoms with Gasteiger partial charge >= 0.3 is 0 Å². The molecule has 0 bridgehead atoms. The molecule has 7 nitrogen and oxygen atoms in total. The number of nitrogens with zero attached hydrogens (tertiary/aromatic N) is 3. The standard InChI is InChI=1S/C18H19N5O2S/c19-17-11-13(8-9-20-17)15-12-21-22-18(15)16-7-4-10-23(16)26(24,25)14-5-2-1-3-6-14/h1-3,5-6,8-9,11-12,16H,4,7,10H2,(H2,19,20)(H,21,22)/t16-/m0/s1. The number of nitrogens with two attached hydrogens (primary N) is 1. The minimum absolute atomic E-state index is 0.285. The molecule has 26 heavy (non-hydrogen) atoms. The van der Waals surface area contributed by atoms with Gasteiger partial charge in [0, 0.05) is 18.3 Å². The molecule has 8 heteroatoms. The van der Waals surface area contributed by atoms with E-state index in [2.05, 4.69) is 15.2 Å². The maximum Gasteiger partial charge on any atom is 0.243 e. The van der Waals surface area contributed by atoms with E-state index in [0.717, 1.165) is 29.7 Å². The number of benzene rings is 1. The van der Waals surface area contributed by atoms with E-state index in [1.165, 1.54) is 0 Å². The van der Waals surface area contributed by atoms with Crippen molar-refractivity contribution >= 4 is 15.8 Å². The van der Waals surface area contributed by atoms with Crippen molar-refractivity contribution in [1.82, 2.24) is 19.5 Å². The SMILES string of the molecule is Nc1cc(-c2cn[nH]c2[C@@H]2CCCN2S(=O)(=O)c2ccccc2)ccn1. The third-order valence-corrected chi connectivity index (χ3v) is 6.57. The van der Waals surface area contributed by atoms with Crippen molar-refractivity contribution in [3.8, 4) is 11.1 Å². The van der Waals surface area contributed by atoms with Gasteiger partial charge in [0.2, 0.25) is 10.0 Å². The van der Waals surface area contributed by atoms with Crippen molar-refractivity contribution in [2.24, 2.45) is 0 Å². The highest BCUT2D eigenvalue weighted by Crippen LogP contribution is 2.39. The van der Waals surface area contributed by atoms with Crippen LogP contribution >= 0.6 is 0 Å². The molecule has 0 radical (unpaired) electrons. The molecule has 0 aliphatic carbocycles. The zero-order valence-electron chi connectivity index (χ0n) is 14.0. The molecule has 2 aromatic heterocycles. The summed E-state index contributed by atoms with van der Waals surface area (Å²) in [7, 11) is -3.57. The van der Waals surface area contributed by atoms with Gasteiger partial charge in [-0.05, 0) is 42.7 Å². The van der Waals surface area contributed by atoms with Gasteiger partial charge in [-0.1, -0.05) is 18.2 Å². The van der Waals surface area contributed by atoms with Gasteiger partial charge in [0.1, 0.15) is 5.82 Å². The lowest BCUT2D eigenvalue weighted by atomic mass is 10.0. The third-order valence-electron chi connectivity index (χ3n) is 4.65. The van der Waals surface area contributed by atoms with E-state index >= 15 is 0 Å². The van der Waals surface area contributed by atoms with Gasteiger partial charge in [-0.3, -0.25) is 5.10 Å². The fraction of sp³-hybridized carbons (Fsp3) is 0.222. The number of anilines is 1. The Morgan fingerprint density at radius 2 is 2.00 bits per heavy atom. The molecule has 0 unspecified atom stereocenters. The van der Waals surface area contributed by atoms with Crippen molar-refractivity contribution in [2.45, 2.75) is 23.8 Å². The zero-order valence-corrected chi connectivity index (χ0v) is 14.9. The molecule has 1 aliphatic rings. The second-order valence-electron chi connectivity index (χ2n) is 6.25. The first-order valence-electron chi connectivity index (χ1n) is 8.39.